The van der Waals surface area contributed by atoms with Crippen LogP contribution >= 0.6 is 12.6 Å². The quantitative estimate of drug-likeness (QED) is 0.836. The zero-order chi connectivity index (χ0) is 14.7. The minimum Gasteiger partial charge on any atom is -0.497 e. The number of nitrogens with zero attached hydrogens (tertiary/aromatic N) is 1. The molecule has 0 radical (unpaired) electrons. The zero-order valence-corrected chi connectivity index (χ0v) is 12.4. The van der Waals surface area contributed by atoms with Crippen LogP contribution in [0.15, 0.2) is 18.2 Å². The van der Waals surface area contributed by atoms with Crippen LogP contribution in [0.2, 0.25) is 0 Å². The molecule has 1 atom stereocenters. The van der Waals surface area contributed by atoms with Crippen LogP contribution in [0.5, 0.6) is 5.75 Å². The number of benzene rings is 1. The molecule has 1 aliphatic rings. The third kappa shape index (κ3) is 3.07. The number of carbonyl (C=O) groups excluding carboxylic acids is 2. The smallest absolute Gasteiger partial charge is 0.228 e. The fraction of sp³-hybridized carbons (Fsp3) is 0.429. The van der Waals surface area contributed by atoms with E-state index in [1.807, 2.05) is 0 Å². The van der Waals surface area contributed by atoms with Crippen molar-refractivity contribution in [2.75, 3.05) is 23.9 Å². The Balaban J connectivity index is 2.37. The van der Waals surface area contributed by atoms with Gasteiger partial charge in [-0.25, -0.2) is 0 Å². The third-order valence-corrected chi connectivity index (χ3v) is 3.54. The van der Waals surface area contributed by atoms with Crippen molar-refractivity contribution in [3.8, 4) is 5.75 Å². The van der Waals surface area contributed by atoms with E-state index in [0.29, 0.717) is 36.5 Å². The first-order valence-electron chi connectivity index (χ1n) is 6.51. The van der Waals surface area contributed by atoms with Gasteiger partial charge >= 0.3 is 0 Å². The van der Waals surface area contributed by atoms with Crippen molar-refractivity contribution < 1.29 is 14.3 Å². The number of hydrogen-bond acceptors (Lipinski definition) is 4. The topological polar surface area (TPSA) is 58.6 Å². The lowest BCUT2D eigenvalue weighted by atomic mass is 10.2. The van der Waals surface area contributed by atoms with Gasteiger partial charge in [0.15, 0.2) is 0 Å². The second-order valence-corrected chi connectivity index (χ2v) is 5.38. The van der Waals surface area contributed by atoms with E-state index < -0.39 is 0 Å². The molecule has 1 aromatic carbocycles. The van der Waals surface area contributed by atoms with Crippen LogP contribution in [-0.2, 0) is 9.59 Å². The first-order valence-corrected chi connectivity index (χ1v) is 7.03. The van der Waals surface area contributed by atoms with Gasteiger partial charge in [0, 0.05) is 30.7 Å². The first kappa shape index (κ1) is 14.7. The molecule has 6 heteroatoms. The Labute approximate surface area is 123 Å². The lowest BCUT2D eigenvalue weighted by Gasteiger charge is -2.21. The second-order valence-electron chi connectivity index (χ2n) is 4.65. The monoisotopic (exact) mass is 294 g/mol. The van der Waals surface area contributed by atoms with Crippen LogP contribution in [-0.4, -0.2) is 30.7 Å². The lowest BCUT2D eigenvalue weighted by Crippen LogP contribution is -2.26. The van der Waals surface area contributed by atoms with Crippen molar-refractivity contribution in [3.05, 3.63) is 18.2 Å². The first-order chi connectivity index (χ1) is 9.55. The summed E-state index contributed by atoms with van der Waals surface area (Å²) in [6, 6.07) is 5.27. The molecule has 1 aromatic rings. The molecule has 1 N–H and O–H groups in total. The zero-order valence-electron chi connectivity index (χ0n) is 11.5. The number of thiol groups is 1. The van der Waals surface area contributed by atoms with Gasteiger partial charge in [0.1, 0.15) is 5.75 Å². The maximum Gasteiger partial charge on any atom is 0.228 e. The molecule has 0 bridgehead atoms. The van der Waals surface area contributed by atoms with Gasteiger partial charge in [0.2, 0.25) is 11.8 Å². The third-order valence-electron chi connectivity index (χ3n) is 3.20. The number of nitrogens with one attached hydrogen (secondary N) is 1. The number of hydrogen-bond donors (Lipinski definition) is 2. The minimum atomic E-state index is -0.0921. The van der Waals surface area contributed by atoms with E-state index >= 15 is 0 Å². The van der Waals surface area contributed by atoms with Gasteiger partial charge < -0.3 is 15.0 Å². The van der Waals surface area contributed by atoms with Gasteiger partial charge in [0.05, 0.1) is 18.5 Å². The number of methoxy groups -OCH3 is 1. The summed E-state index contributed by atoms with van der Waals surface area (Å²) < 4.78 is 5.19. The van der Waals surface area contributed by atoms with E-state index in [-0.39, 0.29) is 17.1 Å². The summed E-state index contributed by atoms with van der Waals surface area (Å²) in [4.78, 5) is 25.2. The van der Waals surface area contributed by atoms with Crippen molar-refractivity contribution in [1.29, 1.82) is 0 Å². The van der Waals surface area contributed by atoms with Crippen molar-refractivity contribution in [3.63, 3.8) is 0 Å². The number of rotatable bonds is 4. The van der Waals surface area contributed by atoms with Crippen LogP contribution in [0.3, 0.4) is 0 Å². The van der Waals surface area contributed by atoms with Gasteiger partial charge in [-0.2, -0.15) is 12.6 Å². The number of anilines is 2. The summed E-state index contributed by atoms with van der Waals surface area (Å²) in [6.45, 7) is 2.31. The largest absolute Gasteiger partial charge is 0.497 e. The van der Waals surface area contributed by atoms with E-state index in [0.717, 1.165) is 0 Å². The number of amides is 2. The molecule has 1 fully saturated rings. The second kappa shape index (κ2) is 6.17. The van der Waals surface area contributed by atoms with Crippen molar-refractivity contribution >= 4 is 35.8 Å². The van der Waals surface area contributed by atoms with Crippen LogP contribution in [0, 0.1) is 0 Å². The number of carbonyl (C=O) groups is 2. The highest BCUT2D eigenvalue weighted by Gasteiger charge is 2.30. The Morgan fingerprint density at radius 1 is 1.55 bits per heavy atom. The maximum atomic E-state index is 12.0. The van der Waals surface area contributed by atoms with Crippen LogP contribution in [0.25, 0.3) is 0 Å². The summed E-state index contributed by atoms with van der Waals surface area (Å²) in [7, 11) is 1.57. The lowest BCUT2D eigenvalue weighted by molar-refractivity contribution is -0.117. The molecule has 1 saturated heterocycles. The fourth-order valence-electron chi connectivity index (χ4n) is 2.13. The van der Waals surface area contributed by atoms with Crippen molar-refractivity contribution in [2.45, 2.75) is 25.0 Å². The van der Waals surface area contributed by atoms with Gasteiger partial charge in [-0.15, -0.1) is 0 Å². The van der Waals surface area contributed by atoms with Crippen molar-refractivity contribution in [1.82, 2.24) is 0 Å². The summed E-state index contributed by atoms with van der Waals surface area (Å²) in [5, 5.41) is 2.83. The molecule has 0 saturated carbocycles. The fourth-order valence-corrected chi connectivity index (χ4v) is 2.45. The average Bonchev–Trinajstić information content (AvgIpc) is 2.77. The number of ether oxygens (including phenoxy) is 1. The van der Waals surface area contributed by atoms with E-state index in [1.165, 1.54) is 0 Å². The van der Waals surface area contributed by atoms with Gasteiger partial charge in [-0.3, -0.25) is 9.59 Å². The van der Waals surface area contributed by atoms with Gasteiger partial charge in [0.25, 0.3) is 0 Å². The molecule has 1 aliphatic heterocycles. The molecule has 1 unspecified atom stereocenters. The summed E-state index contributed by atoms with van der Waals surface area (Å²) in [5.74, 6) is 0.556. The molecule has 0 aliphatic carbocycles. The van der Waals surface area contributed by atoms with Crippen LogP contribution in [0.1, 0.15) is 19.8 Å². The Bertz CT molecular complexity index is 533. The standard InChI is InChI=1S/C14H18N2O3S/c1-3-13(17)15-11-5-4-9(19-2)6-12(11)16-8-10(20)7-14(16)18/h4-6,10,20H,3,7-8H2,1-2H3,(H,15,17). The van der Waals surface area contributed by atoms with Crippen LogP contribution in [0.4, 0.5) is 11.4 Å². The predicted octanol–water partition coefficient (Wildman–Crippen LogP) is 2.08. The van der Waals surface area contributed by atoms with Crippen LogP contribution < -0.4 is 15.0 Å². The minimum absolute atomic E-state index is 0.00486. The van der Waals surface area contributed by atoms with E-state index in [9.17, 15) is 9.59 Å². The maximum absolute atomic E-state index is 12.0. The molecular formula is C14H18N2O3S. The molecule has 2 rings (SSSR count). The molecular weight excluding hydrogens is 276 g/mol. The van der Waals surface area contributed by atoms with Crippen molar-refractivity contribution in [2.24, 2.45) is 0 Å². The summed E-state index contributed by atoms with van der Waals surface area (Å²) in [5.41, 5.74) is 1.28. The molecule has 108 valence electrons. The Hall–Kier alpha value is -1.69. The highest BCUT2D eigenvalue weighted by Crippen LogP contribution is 2.34. The molecule has 1 heterocycles. The highest BCUT2D eigenvalue weighted by molar-refractivity contribution is 7.81. The van der Waals surface area contributed by atoms with E-state index in [4.69, 9.17) is 4.74 Å². The molecule has 0 aromatic heterocycles. The van der Waals surface area contributed by atoms with Gasteiger partial charge in [-0.05, 0) is 12.1 Å². The van der Waals surface area contributed by atoms with E-state index in [1.54, 1.807) is 37.1 Å². The predicted molar refractivity (Wildman–Crippen MR) is 81.7 cm³/mol. The summed E-state index contributed by atoms with van der Waals surface area (Å²) in [6.07, 6.45) is 0.788. The average molecular weight is 294 g/mol. The highest BCUT2D eigenvalue weighted by atomic mass is 32.1. The molecule has 5 nitrogen and oxygen atoms in total. The van der Waals surface area contributed by atoms with E-state index in [2.05, 4.69) is 17.9 Å². The SMILES string of the molecule is CCC(=O)Nc1ccc(OC)cc1N1CC(S)CC1=O. The van der Waals surface area contributed by atoms with Gasteiger partial charge in [-0.1, -0.05) is 6.92 Å². The Kier molecular flexibility index (Phi) is 4.54. The molecule has 2 amide bonds. The Morgan fingerprint density at radius 3 is 2.85 bits per heavy atom. The Morgan fingerprint density at radius 2 is 2.30 bits per heavy atom. The molecule has 20 heavy (non-hydrogen) atoms. The molecule has 0 spiro atoms. The summed E-state index contributed by atoms with van der Waals surface area (Å²) >= 11 is 4.35. The normalized spacial score (nSPS) is 18.2.